The van der Waals surface area contributed by atoms with E-state index in [1.807, 2.05) is 13.8 Å². The molecular formula is C11H18N2O. The van der Waals surface area contributed by atoms with Crippen molar-refractivity contribution < 1.29 is 4.79 Å². The maximum Gasteiger partial charge on any atom is 0.238 e. The molecule has 14 heavy (non-hydrogen) atoms. The van der Waals surface area contributed by atoms with Crippen molar-refractivity contribution in [2.45, 2.75) is 44.7 Å². The van der Waals surface area contributed by atoms with Gasteiger partial charge in [-0.15, -0.1) is 12.3 Å². The third-order valence-corrected chi connectivity index (χ3v) is 2.72. The lowest BCUT2D eigenvalue weighted by Gasteiger charge is -2.27. The van der Waals surface area contributed by atoms with Gasteiger partial charge in [0.15, 0.2) is 0 Å². The average molecular weight is 194 g/mol. The lowest BCUT2D eigenvalue weighted by atomic mass is 9.98. The molecule has 0 bridgehead atoms. The zero-order chi connectivity index (χ0) is 10.8. The van der Waals surface area contributed by atoms with E-state index in [0.29, 0.717) is 12.3 Å². The van der Waals surface area contributed by atoms with Crippen molar-refractivity contribution in [3.8, 4) is 12.3 Å². The SMILES string of the molecule is C#CCC(N)C(=O)NC(C)(C)C1CC1. The summed E-state index contributed by atoms with van der Waals surface area (Å²) in [4.78, 5) is 11.5. The molecule has 3 heteroatoms. The molecule has 1 unspecified atom stereocenters. The van der Waals surface area contributed by atoms with Crippen molar-refractivity contribution in [1.82, 2.24) is 5.32 Å². The summed E-state index contributed by atoms with van der Waals surface area (Å²) in [6, 6.07) is -0.571. The first-order chi connectivity index (χ1) is 6.47. The number of carbonyl (C=O) groups is 1. The number of terminal acetylenes is 1. The fourth-order valence-electron chi connectivity index (χ4n) is 1.54. The molecule has 3 nitrogen and oxygen atoms in total. The Balaban J connectivity index is 2.43. The summed E-state index contributed by atoms with van der Waals surface area (Å²) in [5, 5.41) is 2.94. The van der Waals surface area contributed by atoms with Gasteiger partial charge in [0.25, 0.3) is 0 Å². The van der Waals surface area contributed by atoms with Crippen LogP contribution in [-0.4, -0.2) is 17.5 Å². The van der Waals surface area contributed by atoms with E-state index in [-0.39, 0.29) is 11.4 Å². The fraction of sp³-hybridized carbons (Fsp3) is 0.727. The summed E-state index contributed by atoms with van der Waals surface area (Å²) in [6.07, 6.45) is 7.78. The predicted molar refractivity (Wildman–Crippen MR) is 56.4 cm³/mol. The number of nitrogens with two attached hydrogens (primary N) is 1. The van der Waals surface area contributed by atoms with E-state index in [1.165, 1.54) is 12.8 Å². The molecule has 1 fully saturated rings. The molecule has 1 atom stereocenters. The van der Waals surface area contributed by atoms with Crippen molar-refractivity contribution in [1.29, 1.82) is 0 Å². The van der Waals surface area contributed by atoms with Crippen LogP contribution in [0.25, 0.3) is 0 Å². The van der Waals surface area contributed by atoms with Gasteiger partial charge in [-0.2, -0.15) is 0 Å². The molecule has 1 rings (SSSR count). The summed E-state index contributed by atoms with van der Waals surface area (Å²) in [6.45, 7) is 4.07. The van der Waals surface area contributed by atoms with E-state index < -0.39 is 6.04 Å². The highest BCUT2D eigenvalue weighted by Gasteiger charge is 2.39. The first-order valence-corrected chi connectivity index (χ1v) is 4.98. The zero-order valence-electron chi connectivity index (χ0n) is 8.84. The predicted octanol–water partition coefficient (Wildman–Crippen LogP) is 0.642. The van der Waals surface area contributed by atoms with Crippen molar-refractivity contribution in [2.24, 2.45) is 11.7 Å². The van der Waals surface area contributed by atoms with Gasteiger partial charge in [-0.3, -0.25) is 4.79 Å². The molecule has 1 saturated carbocycles. The number of hydrogen-bond acceptors (Lipinski definition) is 2. The van der Waals surface area contributed by atoms with Gasteiger partial charge in [0.2, 0.25) is 5.91 Å². The molecule has 1 amide bonds. The minimum absolute atomic E-state index is 0.136. The normalized spacial score (nSPS) is 18.4. The van der Waals surface area contributed by atoms with Gasteiger partial charge in [-0.1, -0.05) is 0 Å². The first kappa shape index (κ1) is 11.1. The van der Waals surface area contributed by atoms with Crippen LogP contribution in [0.4, 0.5) is 0 Å². The largest absolute Gasteiger partial charge is 0.350 e. The molecule has 1 aliphatic rings. The lowest BCUT2D eigenvalue weighted by Crippen LogP contribution is -2.51. The molecule has 3 N–H and O–H groups in total. The number of carbonyl (C=O) groups excluding carboxylic acids is 1. The molecule has 0 heterocycles. The third-order valence-electron chi connectivity index (χ3n) is 2.72. The quantitative estimate of drug-likeness (QED) is 0.645. The van der Waals surface area contributed by atoms with Gasteiger partial charge < -0.3 is 11.1 Å². The molecule has 0 radical (unpaired) electrons. The summed E-state index contributed by atoms with van der Waals surface area (Å²) in [5.41, 5.74) is 5.47. The van der Waals surface area contributed by atoms with Crippen LogP contribution in [0, 0.1) is 18.3 Å². The van der Waals surface area contributed by atoms with E-state index in [0.717, 1.165) is 0 Å². The van der Waals surface area contributed by atoms with Crippen molar-refractivity contribution in [3.05, 3.63) is 0 Å². The Kier molecular flexibility index (Phi) is 3.17. The maximum atomic E-state index is 11.5. The van der Waals surface area contributed by atoms with Gasteiger partial charge in [0, 0.05) is 12.0 Å². The number of nitrogens with one attached hydrogen (secondary N) is 1. The minimum Gasteiger partial charge on any atom is -0.350 e. The van der Waals surface area contributed by atoms with Crippen molar-refractivity contribution in [3.63, 3.8) is 0 Å². The smallest absolute Gasteiger partial charge is 0.238 e. The van der Waals surface area contributed by atoms with Crippen LogP contribution in [0.5, 0.6) is 0 Å². The fourth-order valence-corrected chi connectivity index (χ4v) is 1.54. The molecule has 0 aliphatic heterocycles. The molecule has 0 aromatic rings. The van der Waals surface area contributed by atoms with Crippen LogP contribution in [0.15, 0.2) is 0 Å². The van der Waals surface area contributed by atoms with E-state index in [9.17, 15) is 4.79 Å². The summed E-state index contributed by atoms with van der Waals surface area (Å²) < 4.78 is 0. The van der Waals surface area contributed by atoms with Crippen LogP contribution in [-0.2, 0) is 4.79 Å². The highest BCUT2D eigenvalue weighted by Crippen LogP contribution is 2.39. The van der Waals surface area contributed by atoms with Crippen LogP contribution in [0.1, 0.15) is 33.1 Å². The van der Waals surface area contributed by atoms with Gasteiger partial charge in [0.05, 0.1) is 6.04 Å². The minimum atomic E-state index is -0.571. The Morgan fingerprint density at radius 2 is 2.29 bits per heavy atom. The van der Waals surface area contributed by atoms with Gasteiger partial charge >= 0.3 is 0 Å². The molecule has 0 aromatic carbocycles. The summed E-state index contributed by atoms with van der Waals surface area (Å²) in [5.74, 6) is 2.86. The van der Waals surface area contributed by atoms with Gasteiger partial charge in [0.1, 0.15) is 0 Å². The van der Waals surface area contributed by atoms with E-state index >= 15 is 0 Å². The monoisotopic (exact) mass is 194 g/mol. The summed E-state index contributed by atoms with van der Waals surface area (Å²) >= 11 is 0. The average Bonchev–Trinajstić information content (AvgIpc) is 2.85. The second-order valence-electron chi connectivity index (χ2n) is 4.50. The van der Waals surface area contributed by atoms with Crippen LogP contribution >= 0.6 is 0 Å². The van der Waals surface area contributed by atoms with Gasteiger partial charge in [-0.25, -0.2) is 0 Å². The highest BCUT2D eigenvalue weighted by molar-refractivity contribution is 5.82. The Morgan fingerprint density at radius 1 is 1.71 bits per heavy atom. The second-order valence-corrected chi connectivity index (χ2v) is 4.50. The lowest BCUT2D eigenvalue weighted by molar-refractivity contribution is -0.124. The van der Waals surface area contributed by atoms with Gasteiger partial charge in [-0.05, 0) is 32.6 Å². The molecule has 1 aliphatic carbocycles. The van der Waals surface area contributed by atoms with E-state index in [2.05, 4.69) is 11.2 Å². The standard InChI is InChI=1S/C11H18N2O/c1-4-5-9(12)10(14)13-11(2,3)8-6-7-8/h1,8-9H,5-7,12H2,2-3H3,(H,13,14). The van der Waals surface area contributed by atoms with Crippen LogP contribution < -0.4 is 11.1 Å². The Morgan fingerprint density at radius 3 is 2.71 bits per heavy atom. The Labute approximate surface area is 85.4 Å². The molecular weight excluding hydrogens is 176 g/mol. The van der Waals surface area contributed by atoms with Crippen molar-refractivity contribution >= 4 is 5.91 Å². The van der Waals surface area contributed by atoms with Crippen LogP contribution in [0.3, 0.4) is 0 Å². The van der Waals surface area contributed by atoms with E-state index in [4.69, 9.17) is 12.2 Å². The number of amides is 1. The van der Waals surface area contributed by atoms with Crippen molar-refractivity contribution in [2.75, 3.05) is 0 Å². The zero-order valence-corrected chi connectivity index (χ0v) is 8.84. The number of hydrogen-bond donors (Lipinski definition) is 2. The molecule has 0 saturated heterocycles. The Bertz CT molecular complexity index is 261. The molecule has 0 spiro atoms. The Hall–Kier alpha value is -1.01. The van der Waals surface area contributed by atoms with E-state index in [1.54, 1.807) is 0 Å². The van der Waals surface area contributed by atoms with Crippen LogP contribution in [0.2, 0.25) is 0 Å². The topological polar surface area (TPSA) is 55.1 Å². The maximum absolute atomic E-state index is 11.5. The molecule has 0 aromatic heterocycles. The highest BCUT2D eigenvalue weighted by atomic mass is 16.2. The number of rotatable bonds is 4. The molecule has 78 valence electrons. The first-order valence-electron chi connectivity index (χ1n) is 4.98. The third kappa shape index (κ3) is 2.74. The summed E-state index contributed by atoms with van der Waals surface area (Å²) in [7, 11) is 0. The second kappa shape index (κ2) is 4.02.